The third-order valence-electron chi connectivity index (χ3n) is 7.02. The van der Waals surface area contributed by atoms with E-state index >= 15 is 0 Å². The lowest BCUT2D eigenvalue weighted by Crippen LogP contribution is -2.65. The predicted octanol–water partition coefficient (Wildman–Crippen LogP) is -5.47. The van der Waals surface area contributed by atoms with Crippen LogP contribution >= 0.6 is 7.82 Å². The molecule has 44 heavy (non-hydrogen) atoms. The van der Waals surface area contributed by atoms with Gasteiger partial charge in [0, 0.05) is 18.6 Å². The van der Waals surface area contributed by atoms with Crippen molar-refractivity contribution in [3.8, 4) is 0 Å². The Morgan fingerprint density at radius 3 is 1.89 bits per heavy atom. The molecule has 0 saturated carbocycles. The number of methoxy groups -OCH3 is 1. The molecule has 0 aromatic rings. The lowest BCUT2D eigenvalue weighted by atomic mass is 9.97. The molecule has 3 aliphatic rings. The first-order valence-corrected chi connectivity index (χ1v) is 14.7. The molecule has 0 radical (unpaired) electrons. The molecule has 3 saturated heterocycles. The number of hydrogen-bond acceptors (Lipinski definition) is 19. The van der Waals surface area contributed by atoms with Gasteiger partial charge < -0.3 is 79.3 Å². The first-order valence-electron chi connectivity index (χ1n) is 13.2. The van der Waals surface area contributed by atoms with Crippen LogP contribution in [0.25, 0.3) is 10.4 Å². The summed E-state index contributed by atoms with van der Waals surface area (Å²) < 4.78 is 53.8. The van der Waals surface area contributed by atoms with Crippen molar-refractivity contribution in [2.24, 2.45) is 5.11 Å². The molecule has 3 rings (SSSR count). The number of azide groups is 1. The molecule has 0 aromatic heterocycles. The number of hydrogen-bond donors (Lipinski definition) is 10. The summed E-state index contributed by atoms with van der Waals surface area (Å²) in [7, 11) is -3.60. The van der Waals surface area contributed by atoms with Crippen molar-refractivity contribution in [1.82, 2.24) is 0 Å². The van der Waals surface area contributed by atoms with E-state index in [9.17, 15) is 55.4 Å². The van der Waals surface area contributed by atoms with E-state index in [0.29, 0.717) is 0 Å². The highest BCUT2D eigenvalue weighted by molar-refractivity contribution is 7.47. The Labute approximate surface area is 249 Å². The molecule has 23 heteroatoms. The van der Waals surface area contributed by atoms with Gasteiger partial charge in [0.2, 0.25) is 0 Å². The predicted molar refractivity (Wildman–Crippen MR) is 135 cm³/mol. The summed E-state index contributed by atoms with van der Waals surface area (Å²) in [6.07, 6.45) is -25.7. The molecule has 0 aliphatic carbocycles. The summed E-state index contributed by atoms with van der Waals surface area (Å²) in [5.74, 6) is 0. The Hall–Kier alpha value is -1.18. The molecular weight excluding hydrogens is 629 g/mol. The van der Waals surface area contributed by atoms with Crippen LogP contribution in [-0.4, -0.2) is 183 Å². The maximum absolute atomic E-state index is 12.1. The van der Waals surface area contributed by atoms with Gasteiger partial charge in [-0.3, -0.25) is 9.05 Å². The van der Waals surface area contributed by atoms with Gasteiger partial charge in [-0.05, 0) is 5.53 Å². The van der Waals surface area contributed by atoms with Crippen molar-refractivity contribution in [3.05, 3.63) is 10.4 Å². The third kappa shape index (κ3) is 9.00. The zero-order valence-electron chi connectivity index (χ0n) is 23.1. The van der Waals surface area contributed by atoms with Crippen LogP contribution in [0.2, 0.25) is 0 Å². The SMILES string of the molecule is CO[C@H]1O[C@H](CO[C@H]2O[C@H](CO)[C@@H](O)[C@H](O)[C@@H]2O[C@H]2O[C@H](COP(=O)(O)OCCN=[N+]=[N-])[C@@H](O)[C@H](O)[C@@H]2O)[C@@H](O)[C@H](O)[C@@H]1O. The zero-order chi connectivity index (χ0) is 32.8. The topological polar surface area (TPSA) is 342 Å². The van der Waals surface area contributed by atoms with Crippen molar-refractivity contribution >= 4 is 7.82 Å². The van der Waals surface area contributed by atoms with Crippen molar-refractivity contribution in [1.29, 1.82) is 0 Å². The minimum absolute atomic E-state index is 0.298. The van der Waals surface area contributed by atoms with E-state index in [2.05, 4.69) is 14.5 Å². The Morgan fingerprint density at radius 2 is 1.30 bits per heavy atom. The van der Waals surface area contributed by atoms with Crippen LogP contribution in [0.4, 0.5) is 0 Å². The van der Waals surface area contributed by atoms with Crippen molar-refractivity contribution in [2.75, 3.05) is 40.1 Å². The minimum Gasteiger partial charge on any atom is -0.394 e. The highest BCUT2D eigenvalue weighted by Crippen LogP contribution is 2.43. The summed E-state index contributed by atoms with van der Waals surface area (Å²) in [4.78, 5) is 12.2. The second-order valence-corrected chi connectivity index (χ2v) is 11.4. The summed E-state index contributed by atoms with van der Waals surface area (Å²) in [5.41, 5.74) is 8.24. The van der Waals surface area contributed by atoms with Crippen LogP contribution < -0.4 is 0 Å². The minimum atomic E-state index is -4.77. The zero-order valence-corrected chi connectivity index (χ0v) is 24.0. The van der Waals surface area contributed by atoms with E-state index < -0.39 is 126 Å². The molecule has 1 unspecified atom stereocenters. The van der Waals surface area contributed by atoms with Crippen molar-refractivity contribution in [3.63, 3.8) is 0 Å². The number of phosphoric acid groups is 1. The highest BCUT2D eigenvalue weighted by atomic mass is 31.2. The van der Waals surface area contributed by atoms with E-state index in [1.54, 1.807) is 0 Å². The van der Waals surface area contributed by atoms with Gasteiger partial charge >= 0.3 is 7.82 Å². The molecule has 3 fully saturated rings. The third-order valence-corrected chi connectivity index (χ3v) is 8.01. The maximum atomic E-state index is 12.1. The lowest BCUT2D eigenvalue weighted by molar-refractivity contribution is -0.372. The van der Waals surface area contributed by atoms with Crippen LogP contribution in [0.1, 0.15) is 0 Å². The number of aliphatic hydroxyl groups is 9. The fourth-order valence-electron chi connectivity index (χ4n) is 4.54. The Kier molecular flexibility index (Phi) is 14.1. The Balaban J connectivity index is 1.71. The normalized spacial score (nSPS) is 44.5. The maximum Gasteiger partial charge on any atom is 0.472 e. The summed E-state index contributed by atoms with van der Waals surface area (Å²) in [5, 5.41) is 95.5. The fourth-order valence-corrected chi connectivity index (χ4v) is 5.26. The number of phosphoric ester groups is 1. The molecule has 3 aliphatic heterocycles. The first-order chi connectivity index (χ1) is 20.8. The Morgan fingerprint density at radius 1 is 0.750 bits per heavy atom. The molecule has 256 valence electrons. The molecule has 16 atom stereocenters. The quantitative estimate of drug-likeness (QED) is 0.0271. The van der Waals surface area contributed by atoms with Crippen molar-refractivity contribution in [2.45, 2.75) is 92.1 Å². The molecular formula is C21H38N3O19P. The van der Waals surface area contributed by atoms with E-state index in [1.165, 1.54) is 7.11 Å². The number of rotatable bonds is 14. The van der Waals surface area contributed by atoms with Crippen LogP contribution in [-0.2, 0) is 42.0 Å². The molecule has 0 amide bonds. The largest absolute Gasteiger partial charge is 0.472 e. The van der Waals surface area contributed by atoms with Crippen molar-refractivity contribution < 1.29 is 92.9 Å². The van der Waals surface area contributed by atoms with Gasteiger partial charge in [0.1, 0.15) is 73.2 Å². The summed E-state index contributed by atoms with van der Waals surface area (Å²) >= 11 is 0. The lowest BCUT2D eigenvalue weighted by Gasteiger charge is -2.46. The van der Waals surface area contributed by atoms with Gasteiger partial charge in [0.05, 0.1) is 26.4 Å². The van der Waals surface area contributed by atoms with E-state index in [-0.39, 0.29) is 6.54 Å². The van der Waals surface area contributed by atoms with Gasteiger partial charge in [-0.1, -0.05) is 5.11 Å². The average molecular weight is 668 g/mol. The number of aliphatic hydroxyl groups excluding tert-OH is 9. The summed E-state index contributed by atoms with van der Waals surface area (Å²) in [6, 6.07) is 0. The average Bonchev–Trinajstić information content (AvgIpc) is 3.00. The Bertz CT molecular complexity index is 994. The van der Waals surface area contributed by atoms with E-state index in [4.69, 9.17) is 38.5 Å². The second-order valence-electron chi connectivity index (χ2n) is 9.96. The molecule has 0 aromatic carbocycles. The molecule has 3 heterocycles. The molecule has 10 N–H and O–H groups in total. The van der Waals surface area contributed by atoms with Gasteiger partial charge in [-0.15, -0.1) is 0 Å². The first kappa shape index (κ1) is 37.3. The highest BCUT2D eigenvalue weighted by Gasteiger charge is 2.52. The van der Waals surface area contributed by atoms with Gasteiger partial charge in [0.25, 0.3) is 0 Å². The van der Waals surface area contributed by atoms with Crippen LogP contribution in [0.5, 0.6) is 0 Å². The molecule has 22 nitrogen and oxygen atoms in total. The van der Waals surface area contributed by atoms with Gasteiger partial charge in [0.15, 0.2) is 18.9 Å². The van der Waals surface area contributed by atoms with E-state index in [1.807, 2.05) is 0 Å². The molecule has 0 bridgehead atoms. The van der Waals surface area contributed by atoms with Gasteiger partial charge in [-0.25, -0.2) is 4.57 Å². The number of ether oxygens (including phenoxy) is 6. The van der Waals surface area contributed by atoms with Crippen LogP contribution in [0.3, 0.4) is 0 Å². The number of nitrogens with zero attached hydrogens (tertiary/aromatic N) is 3. The smallest absolute Gasteiger partial charge is 0.394 e. The summed E-state index contributed by atoms with van der Waals surface area (Å²) in [6.45, 7) is -3.10. The fraction of sp³-hybridized carbons (Fsp3) is 1.00. The monoisotopic (exact) mass is 667 g/mol. The van der Waals surface area contributed by atoms with Gasteiger partial charge in [-0.2, -0.15) is 0 Å². The van der Waals surface area contributed by atoms with Crippen LogP contribution in [0.15, 0.2) is 5.11 Å². The van der Waals surface area contributed by atoms with Crippen LogP contribution in [0, 0.1) is 0 Å². The van der Waals surface area contributed by atoms with E-state index in [0.717, 1.165) is 0 Å². The standard InChI is InChI=1S/C21H38N3O19P/c1-36-19-16(32)13(29)11(27)8(41-19)5-37-21-18(15(31)10(26)7(4-25)40-21)43-20-17(33)14(30)12(28)9(42-20)6-39-44(34,35)38-3-2-23-24-22/h7-21,25-33H,2-6H2,1H3,(H,34,35)/t7-,8-,9-,10-,11-,12-,13+,14+,15+,16+,17+,18+,19+,20-,21+/m1/s1. The second kappa shape index (κ2) is 16.6. The molecule has 0 spiro atoms.